The largest absolute Gasteiger partial charge is 0.383 e. The number of rotatable bonds is 3. The molecule has 0 atom stereocenters. The van der Waals surface area contributed by atoms with E-state index in [1.54, 1.807) is 0 Å². The first-order chi connectivity index (χ1) is 7.00. The lowest BCUT2D eigenvalue weighted by Gasteiger charge is -2.07. The van der Waals surface area contributed by atoms with Crippen LogP contribution >= 0.6 is 0 Å². The Morgan fingerprint density at radius 2 is 1.73 bits per heavy atom. The number of aryl methyl sites for hydroxylation is 1. The van der Waals surface area contributed by atoms with Crippen LogP contribution in [0.2, 0.25) is 0 Å². The molecule has 2 heteroatoms. The first-order valence-corrected chi connectivity index (χ1v) is 4.97. The minimum Gasteiger partial charge on any atom is -0.383 e. The zero-order chi connectivity index (χ0) is 11.4. The number of Topliss-reactive ketones (excluding diaryl/α,β-unsaturated/α-hetero) is 1. The molecule has 15 heavy (non-hydrogen) atoms. The molecule has 80 valence electrons. The Labute approximate surface area is 91.2 Å². The highest BCUT2D eigenvalue weighted by Crippen LogP contribution is 2.09. The van der Waals surface area contributed by atoms with Crippen molar-refractivity contribution in [2.75, 3.05) is 14.1 Å². The minimum atomic E-state index is 0.0868. The maximum absolute atomic E-state index is 11.9. The summed E-state index contributed by atoms with van der Waals surface area (Å²) in [4.78, 5) is 13.8. The number of hydrogen-bond acceptors (Lipinski definition) is 2. The fourth-order valence-electron chi connectivity index (χ4n) is 1.38. The molecule has 0 saturated heterocycles. The molecule has 0 heterocycles. The van der Waals surface area contributed by atoms with Crippen molar-refractivity contribution in [2.45, 2.75) is 13.8 Å². The predicted molar refractivity (Wildman–Crippen MR) is 63.0 cm³/mol. The van der Waals surface area contributed by atoms with Gasteiger partial charge in [-0.3, -0.25) is 4.79 Å². The molecule has 0 bridgehead atoms. The number of benzene rings is 1. The lowest BCUT2D eigenvalue weighted by Crippen LogP contribution is -2.07. The van der Waals surface area contributed by atoms with Crippen molar-refractivity contribution in [1.29, 1.82) is 0 Å². The van der Waals surface area contributed by atoms with Crippen molar-refractivity contribution in [3.63, 3.8) is 0 Å². The monoisotopic (exact) mass is 203 g/mol. The summed E-state index contributed by atoms with van der Waals surface area (Å²) in [5, 5.41) is 0. The Morgan fingerprint density at radius 1 is 1.20 bits per heavy atom. The van der Waals surface area contributed by atoms with E-state index in [2.05, 4.69) is 0 Å². The van der Waals surface area contributed by atoms with Crippen molar-refractivity contribution in [2.24, 2.45) is 0 Å². The highest BCUT2D eigenvalue weighted by Gasteiger charge is 2.07. The van der Waals surface area contributed by atoms with Crippen LogP contribution in [0.1, 0.15) is 22.8 Å². The predicted octanol–water partition coefficient (Wildman–Crippen LogP) is 2.64. The number of carbonyl (C=O) groups excluding carboxylic acids is 1. The van der Waals surface area contributed by atoms with Gasteiger partial charge < -0.3 is 4.90 Å². The van der Waals surface area contributed by atoms with Crippen LogP contribution in [0, 0.1) is 6.92 Å². The van der Waals surface area contributed by atoms with Crippen LogP contribution in [0.3, 0.4) is 0 Å². The van der Waals surface area contributed by atoms with E-state index in [9.17, 15) is 4.79 Å². The fourth-order valence-corrected chi connectivity index (χ4v) is 1.38. The molecular weight excluding hydrogens is 186 g/mol. The van der Waals surface area contributed by atoms with E-state index < -0.39 is 0 Å². The number of hydrogen-bond donors (Lipinski definition) is 0. The Balaban J connectivity index is 2.90. The molecule has 0 fully saturated rings. The first-order valence-electron chi connectivity index (χ1n) is 4.97. The van der Waals surface area contributed by atoms with Gasteiger partial charge in [-0.2, -0.15) is 0 Å². The molecule has 0 N–H and O–H groups in total. The van der Waals surface area contributed by atoms with Gasteiger partial charge in [-0.25, -0.2) is 0 Å². The molecule has 0 spiro atoms. The van der Waals surface area contributed by atoms with Crippen LogP contribution in [0.4, 0.5) is 0 Å². The summed E-state index contributed by atoms with van der Waals surface area (Å²) in [6.07, 6.45) is 1.84. The molecule has 0 saturated carbocycles. The lowest BCUT2D eigenvalue weighted by molar-refractivity contribution is 0.103. The van der Waals surface area contributed by atoms with Crippen LogP contribution in [0.15, 0.2) is 36.0 Å². The van der Waals surface area contributed by atoms with Crippen LogP contribution in [0.25, 0.3) is 0 Å². The number of ketones is 1. The average molecular weight is 203 g/mol. The zero-order valence-corrected chi connectivity index (χ0v) is 9.74. The molecule has 0 aliphatic carbocycles. The quantitative estimate of drug-likeness (QED) is 0.556. The first kappa shape index (κ1) is 11.5. The Hall–Kier alpha value is -1.57. The fraction of sp³-hybridized carbons (Fsp3) is 0.308. The van der Waals surface area contributed by atoms with Crippen molar-refractivity contribution in [1.82, 2.24) is 4.90 Å². The van der Waals surface area contributed by atoms with E-state index in [4.69, 9.17) is 0 Å². The van der Waals surface area contributed by atoms with E-state index in [1.807, 2.05) is 63.3 Å². The molecular formula is C13H17NO. The van der Waals surface area contributed by atoms with Crippen LogP contribution in [-0.4, -0.2) is 24.8 Å². The molecule has 0 unspecified atom stereocenters. The van der Waals surface area contributed by atoms with Gasteiger partial charge in [-0.1, -0.05) is 29.8 Å². The molecule has 1 rings (SSSR count). The van der Waals surface area contributed by atoms with Gasteiger partial charge in [0.2, 0.25) is 0 Å². The van der Waals surface area contributed by atoms with Crippen molar-refractivity contribution < 1.29 is 4.79 Å². The summed E-state index contributed by atoms with van der Waals surface area (Å²) >= 11 is 0. The summed E-state index contributed by atoms with van der Waals surface area (Å²) < 4.78 is 0. The van der Waals surface area contributed by atoms with Gasteiger partial charge in [0.1, 0.15) is 0 Å². The third kappa shape index (κ3) is 3.24. The summed E-state index contributed by atoms with van der Waals surface area (Å²) in [7, 11) is 3.82. The highest BCUT2D eigenvalue weighted by atomic mass is 16.1. The molecule has 2 nitrogen and oxygen atoms in total. The summed E-state index contributed by atoms with van der Waals surface area (Å²) in [5.41, 5.74) is 2.67. The smallest absolute Gasteiger partial charge is 0.190 e. The van der Waals surface area contributed by atoms with Gasteiger partial charge >= 0.3 is 0 Å². The second-order valence-electron chi connectivity index (χ2n) is 3.97. The maximum atomic E-state index is 11.9. The Kier molecular flexibility index (Phi) is 3.67. The summed E-state index contributed by atoms with van der Waals surface area (Å²) in [5.74, 6) is 0.0868. The molecule has 1 aromatic rings. The van der Waals surface area contributed by atoms with Crippen LogP contribution < -0.4 is 0 Å². The van der Waals surface area contributed by atoms with Gasteiger partial charge in [0.25, 0.3) is 0 Å². The summed E-state index contributed by atoms with van der Waals surface area (Å²) in [6, 6.07) is 7.64. The van der Waals surface area contributed by atoms with Crippen LogP contribution in [-0.2, 0) is 0 Å². The highest BCUT2D eigenvalue weighted by molar-refractivity contribution is 6.08. The number of carbonyl (C=O) groups is 1. The number of nitrogens with zero attached hydrogens (tertiary/aromatic N) is 1. The molecule has 0 radical (unpaired) electrons. The minimum absolute atomic E-state index is 0.0868. The molecule has 0 aliphatic heterocycles. The molecule has 0 aliphatic rings. The van der Waals surface area contributed by atoms with E-state index >= 15 is 0 Å². The lowest BCUT2D eigenvalue weighted by atomic mass is 10.0. The average Bonchev–Trinajstić information content (AvgIpc) is 2.17. The third-order valence-corrected chi connectivity index (χ3v) is 2.12. The van der Waals surface area contributed by atoms with Gasteiger partial charge in [0.05, 0.1) is 0 Å². The molecule has 1 aromatic carbocycles. The third-order valence-electron chi connectivity index (χ3n) is 2.12. The Bertz CT molecular complexity index is 374. The topological polar surface area (TPSA) is 20.3 Å². The summed E-state index contributed by atoms with van der Waals surface area (Å²) in [6.45, 7) is 3.85. The maximum Gasteiger partial charge on any atom is 0.190 e. The van der Waals surface area contributed by atoms with Crippen LogP contribution in [0.5, 0.6) is 0 Å². The normalized spacial score (nSPS) is 11.3. The molecule has 0 amide bonds. The molecule has 0 aromatic heterocycles. The van der Waals surface area contributed by atoms with Gasteiger partial charge in [0.15, 0.2) is 5.78 Å². The van der Waals surface area contributed by atoms with E-state index in [-0.39, 0.29) is 5.78 Å². The SMILES string of the molecule is C/C(=C\N(C)C)C(=O)c1ccc(C)cc1. The van der Waals surface area contributed by atoms with E-state index in [0.717, 1.165) is 11.1 Å². The zero-order valence-electron chi connectivity index (χ0n) is 9.74. The Morgan fingerprint density at radius 3 is 2.20 bits per heavy atom. The van der Waals surface area contributed by atoms with E-state index in [0.29, 0.717) is 0 Å². The van der Waals surface area contributed by atoms with Crippen molar-refractivity contribution >= 4 is 5.78 Å². The number of allylic oxidation sites excluding steroid dienone is 1. The van der Waals surface area contributed by atoms with E-state index in [1.165, 1.54) is 5.56 Å². The van der Waals surface area contributed by atoms with Crippen molar-refractivity contribution in [3.05, 3.63) is 47.2 Å². The van der Waals surface area contributed by atoms with Gasteiger partial charge in [-0.15, -0.1) is 0 Å². The van der Waals surface area contributed by atoms with Gasteiger partial charge in [0, 0.05) is 31.4 Å². The second-order valence-corrected chi connectivity index (χ2v) is 3.97. The standard InChI is InChI=1S/C13H17NO/c1-10-5-7-12(8-6-10)13(15)11(2)9-14(3)4/h5-9H,1-4H3/b11-9+. The van der Waals surface area contributed by atoms with Crippen molar-refractivity contribution in [3.8, 4) is 0 Å². The second kappa shape index (κ2) is 4.78. The van der Waals surface area contributed by atoms with Gasteiger partial charge in [-0.05, 0) is 13.8 Å².